The third kappa shape index (κ3) is 5.39. The molecule has 0 saturated carbocycles. The van der Waals surface area contributed by atoms with E-state index in [2.05, 4.69) is 0 Å². The van der Waals surface area contributed by atoms with Gasteiger partial charge in [-0.1, -0.05) is 36.2 Å². The number of nitrogens with zero attached hydrogens (tertiary/aromatic N) is 1. The highest BCUT2D eigenvalue weighted by Gasteiger charge is 2.11. The molecule has 1 aromatic rings. The minimum Gasteiger partial charge on any atom is -0.341 e. The van der Waals surface area contributed by atoms with E-state index in [4.69, 9.17) is 28.9 Å². The number of hydrogen-bond donors (Lipinski definition) is 1. The summed E-state index contributed by atoms with van der Waals surface area (Å²) in [6.07, 6.45) is 1.34. The lowest BCUT2D eigenvalue weighted by Crippen LogP contribution is -2.26. The molecule has 1 aromatic carbocycles. The summed E-state index contributed by atoms with van der Waals surface area (Å²) in [6.45, 7) is 3.20. The Morgan fingerprint density at radius 3 is 2.63 bits per heavy atom. The van der Waals surface area contributed by atoms with Gasteiger partial charge in [-0.25, -0.2) is 0 Å². The van der Waals surface area contributed by atoms with Crippen LogP contribution in [-0.4, -0.2) is 24.4 Å². The first kappa shape index (κ1) is 16.3. The van der Waals surface area contributed by atoms with Crippen molar-refractivity contribution in [2.24, 2.45) is 11.7 Å². The molecule has 2 N–H and O–H groups in total. The standard InChI is InChI=1S/C14H20Cl2N2O/c1-10(8-17)3-6-14(19)18(2)9-11-4-5-12(15)13(16)7-11/h4-5,7,10H,3,6,8-9,17H2,1-2H3. The van der Waals surface area contributed by atoms with Gasteiger partial charge in [-0.05, 0) is 36.6 Å². The number of carbonyl (C=O) groups excluding carboxylic acids is 1. The quantitative estimate of drug-likeness (QED) is 0.876. The van der Waals surface area contributed by atoms with E-state index in [0.717, 1.165) is 12.0 Å². The van der Waals surface area contributed by atoms with E-state index in [1.807, 2.05) is 13.0 Å². The minimum atomic E-state index is 0.117. The fourth-order valence-electron chi connectivity index (χ4n) is 1.68. The van der Waals surface area contributed by atoms with Gasteiger partial charge < -0.3 is 10.6 Å². The smallest absolute Gasteiger partial charge is 0.222 e. The zero-order chi connectivity index (χ0) is 14.4. The third-order valence-corrected chi connectivity index (χ3v) is 3.82. The zero-order valence-electron chi connectivity index (χ0n) is 11.3. The van der Waals surface area contributed by atoms with Crippen LogP contribution >= 0.6 is 23.2 Å². The molecule has 19 heavy (non-hydrogen) atoms. The van der Waals surface area contributed by atoms with Crippen LogP contribution in [0.25, 0.3) is 0 Å². The van der Waals surface area contributed by atoms with Crippen LogP contribution in [0.2, 0.25) is 10.0 Å². The van der Waals surface area contributed by atoms with E-state index in [-0.39, 0.29) is 5.91 Å². The molecule has 0 aliphatic rings. The number of hydrogen-bond acceptors (Lipinski definition) is 2. The van der Waals surface area contributed by atoms with Gasteiger partial charge in [0.05, 0.1) is 10.0 Å². The van der Waals surface area contributed by atoms with Gasteiger partial charge in [-0.15, -0.1) is 0 Å². The Morgan fingerprint density at radius 2 is 2.05 bits per heavy atom. The Bertz CT molecular complexity index is 437. The van der Waals surface area contributed by atoms with Crippen LogP contribution in [0, 0.1) is 5.92 Å². The molecule has 0 aromatic heterocycles. The Balaban J connectivity index is 2.51. The molecule has 0 fully saturated rings. The van der Waals surface area contributed by atoms with Crippen LogP contribution in [0.1, 0.15) is 25.3 Å². The molecule has 106 valence electrons. The molecule has 1 atom stereocenters. The Hall–Kier alpha value is -0.770. The van der Waals surface area contributed by atoms with Crippen LogP contribution < -0.4 is 5.73 Å². The Labute approximate surface area is 124 Å². The van der Waals surface area contributed by atoms with Crippen molar-refractivity contribution in [3.8, 4) is 0 Å². The predicted octanol–water partition coefficient (Wildman–Crippen LogP) is 3.33. The molecule has 0 bridgehead atoms. The number of halogens is 2. The van der Waals surface area contributed by atoms with E-state index in [0.29, 0.717) is 35.5 Å². The summed E-state index contributed by atoms with van der Waals surface area (Å²) in [5.41, 5.74) is 6.51. The normalized spacial score (nSPS) is 12.3. The van der Waals surface area contributed by atoms with Gasteiger partial charge in [-0.2, -0.15) is 0 Å². The van der Waals surface area contributed by atoms with Crippen molar-refractivity contribution in [1.29, 1.82) is 0 Å². The van der Waals surface area contributed by atoms with Crippen molar-refractivity contribution >= 4 is 29.1 Å². The predicted molar refractivity (Wildman–Crippen MR) is 80.4 cm³/mol. The van der Waals surface area contributed by atoms with Gasteiger partial charge in [-0.3, -0.25) is 4.79 Å². The first-order valence-electron chi connectivity index (χ1n) is 6.32. The molecule has 0 spiro atoms. The van der Waals surface area contributed by atoms with Gasteiger partial charge in [0.1, 0.15) is 0 Å². The van der Waals surface area contributed by atoms with Gasteiger partial charge in [0.15, 0.2) is 0 Å². The van der Waals surface area contributed by atoms with Gasteiger partial charge in [0.25, 0.3) is 0 Å². The SMILES string of the molecule is CC(CN)CCC(=O)N(C)Cc1ccc(Cl)c(Cl)c1. The van der Waals surface area contributed by atoms with Gasteiger partial charge >= 0.3 is 0 Å². The van der Waals surface area contributed by atoms with Gasteiger partial charge in [0.2, 0.25) is 5.91 Å². The molecule has 0 heterocycles. The molecular weight excluding hydrogens is 283 g/mol. The van der Waals surface area contributed by atoms with Gasteiger partial charge in [0, 0.05) is 20.0 Å². The number of nitrogens with two attached hydrogens (primary N) is 1. The molecule has 0 saturated heterocycles. The summed E-state index contributed by atoms with van der Waals surface area (Å²) in [4.78, 5) is 13.6. The minimum absolute atomic E-state index is 0.117. The van der Waals surface area contributed by atoms with Crippen molar-refractivity contribution < 1.29 is 4.79 Å². The highest BCUT2D eigenvalue weighted by Crippen LogP contribution is 2.23. The monoisotopic (exact) mass is 302 g/mol. The topological polar surface area (TPSA) is 46.3 Å². The maximum atomic E-state index is 11.9. The maximum absolute atomic E-state index is 11.9. The summed E-state index contributed by atoms with van der Waals surface area (Å²) in [5.74, 6) is 0.494. The summed E-state index contributed by atoms with van der Waals surface area (Å²) in [5, 5.41) is 1.04. The van der Waals surface area contributed by atoms with Crippen LogP contribution in [-0.2, 0) is 11.3 Å². The molecule has 3 nitrogen and oxygen atoms in total. The van der Waals surface area contributed by atoms with E-state index < -0.39 is 0 Å². The number of rotatable bonds is 6. The molecule has 1 rings (SSSR count). The molecule has 0 aliphatic carbocycles. The van der Waals surface area contributed by atoms with Crippen LogP contribution in [0.5, 0.6) is 0 Å². The fraction of sp³-hybridized carbons (Fsp3) is 0.500. The Kier molecular flexibility index (Phi) is 6.63. The highest BCUT2D eigenvalue weighted by molar-refractivity contribution is 6.42. The zero-order valence-corrected chi connectivity index (χ0v) is 12.8. The molecule has 1 amide bonds. The lowest BCUT2D eigenvalue weighted by Gasteiger charge is -2.18. The maximum Gasteiger partial charge on any atom is 0.222 e. The van der Waals surface area contributed by atoms with E-state index in [1.54, 1.807) is 24.1 Å². The van der Waals surface area contributed by atoms with Crippen molar-refractivity contribution in [3.63, 3.8) is 0 Å². The van der Waals surface area contributed by atoms with Crippen LogP contribution in [0.15, 0.2) is 18.2 Å². The Morgan fingerprint density at radius 1 is 1.37 bits per heavy atom. The summed E-state index contributed by atoms with van der Waals surface area (Å²) in [6, 6.07) is 5.41. The van der Waals surface area contributed by atoms with Crippen molar-refractivity contribution in [2.75, 3.05) is 13.6 Å². The molecule has 1 unspecified atom stereocenters. The van der Waals surface area contributed by atoms with E-state index in [1.165, 1.54) is 0 Å². The van der Waals surface area contributed by atoms with Crippen LogP contribution in [0.3, 0.4) is 0 Å². The van der Waals surface area contributed by atoms with Crippen LogP contribution in [0.4, 0.5) is 0 Å². The van der Waals surface area contributed by atoms with Crippen molar-refractivity contribution in [1.82, 2.24) is 4.90 Å². The number of benzene rings is 1. The van der Waals surface area contributed by atoms with E-state index >= 15 is 0 Å². The van der Waals surface area contributed by atoms with Crippen molar-refractivity contribution in [3.05, 3.63) is 33.8 Å². The molecule has 5 heteroatoms. The second-order valence-corrected chi connectivity index (χ2v) is 5.69. The second kappa shape index (κ2) is 7.73. The summed E-state index contributed by atoms with van der Waals surface area (Å²) < 4.78 is 0. The first-order chi connectivity index (χ1) is 8.93. The lowest BCUT2D eigenvalue weighted by molar-refractivity contribution is -0.130. The average molecular weight is 303 g/mol. The average Bonchev–Trinajstić information content (AvgIpc) is 2.39. The van der Waals surface area contributed by atoms with E-state index in [9.17, 15) is 4.79 Å². The highest BCUT2D eigenvalue weighted by atomic mass is 35.5. The molecule has 0 aliphatic heterocycles. The number of carbonyl (C=O) groups is 1. The fourth-order valence-corrected chi connectivity index (χ4v) is 2.00. The lowest BCUT2D eigenvalue weighted by atomic mass is 10.1. The molecular formula is C14H20Cl2N2O. The largest absolute Gasteiger partial charge is 0.341 e. The van der Waals surface area contributed by atoms with Crippen molar-refractivity contribution in [2.45, 2.75) is 26.3 Å². The molecule has 0 radical (unpaired) electrons. The second-order valence-electron chi connectivity index (χ2n) is 4.88. The third-order valence-electron chi connectivity index (χ3n) is 3.08. The number of amides is 1. The first-order valence-corrected chi connectivity index (χ1v) is 7.07. The summed E-state index contributed by atoms with van der Waals surface area (Å²) >= 11 is 11.8. The summed E-state index contributed by atoms with van der Waals surface area (Å²) in [7, 11) is 1.79.